The van der Waals surface area contributed by atoms with Crippen LogP contribution in [0.3, 0.4) is 0 Å². The number of amides is 1. The standard InChI is InChI=1S/C20H21ClN2O2/c1-13(2)14-4-6-18-15(10-14)8-9-23(18)12-20(24)22-17-11-16(21)5-7-19(17)25-3/h4-11,13H,12H2,1-3H3,(H,22,24). The quantitative estimate of drug-likeness (QED) is 0.693. The van der Waals surface area contributed by atoms with Gasteiger partial charge in [0.1, 0.15) is 12.3 Å². The van der Waals surface area contributed by atoms with Gasteiger partial charge in [0, 0.05) is 16.7 Å². The van der Waals surface area contributed by atoms with Gasteiger partial charge >= 0.3 is 0 Å². The van der Waals surface area contributed by atoms with Gasteiger partial charge in [-0.2, -0.15) is 0 Å². The average Bonchev–Trinajstić information content (AvgIpc) is 2.97. The Morgan fingerprint density at radius 1 is 1.20 bits per heavy atom. The lowest BCUT2D eigenvalue weighted by atomic mass is 10.0. The molecule has 0 spiro atoms. The van der Waals surface area contributed by atoms with Gasteiger partial charge in [0.25, 0.3) is 0 Å². The Morgan fingerprint density at radius 3 is 2.72 bits per heavy atom. The third-order valence-electron chi connectivity index (χ3n) is 4.21. The van der Waals surface area contributed by atoms with Gasteiger partial charge in [0.2, 0.25) is 5.91 Å². The summed E-state index contributed by atoms with van der Waals surface area (Å²) in [5.41, 5.74) is 2.90. The highest BCUT2D eigenvalue weighted by molar-refractivity contribution is 6.31. The highest BCUT2D eigenvalue weighted by Gasteiger charge is 2.11. The van der Waals surface area contributed by atoms with E-state index in [1.54, 1.807) is 25.3 Å². The number of fused-ring (bicyclic) bond motifs is 1. The summed E-state index contributed by atoms with van der Waals surface area (Å²) in [6, 6.07) is 13.5. The highest BCUT2D eigenvalue weighted by atomic mass is 35.5. The minimum atomic E-state index is -0.133. The molecule has 0 aliphatic rings. The summed E-state index contributed by atoms with van der Waals surface area (Å²) in [5.74, 6) is 0.925. The average molecular weight is 357 g/mol. The molecule has 1 amide bonds. The van der Waals surface area contributed by atoms with E-state index in [1.165, 1.54) is 5.56 Å². The van der Waals surface area contributed by atoms with E-state index in [0.717, 1.165) is 10.9 Å². The smallest absolute Gasteiger partial charge is 0.244 e. The second-order valence-corrected chi connectivity index (χ2v) is 6.75. The number of benzene rings is 2. The minimum Gasteiger partial charge on any atom is -0.495 e. The Morgan fingerprint density at radius 2 is 2.00 bits per heavy atom. The lowest BCUT2D eigenvalue weighted by Crippen LogP contribution is -2.18. The van der Waals surface area contributed by atoms with Crippen LogP contribution in [0, 0.1) is 0 Å². The van der Waals surface area contributed by atoms with Crippen LogP contribution < -0.4 is 10.1 Å². The van der Waals surface area contributed by atoms with E-state index in [0.29, 0.717) is 22.4 Å². The molecule has 1 aromatic heterocycles. The number of methoxy groups -OCH3 is 1. The Kier molecular flexibility index (Phi) is 5.00. The fraction of sp³-hybridized carbons (Fsp3) is 0.250. The van der Waals surface area contributed by atoms with Crippen LogP contribution in [0.2, 0.25) is 5.02 Å². The van der Waals surface area contributed by atoms with Crippen LogP contribution in [0.4, 0.5) is 5.69 Å². The van der Waals surface area contributed by atoms with Crippen LogP contribution in [-0.2, 0) is 11.3 Å². The molecule has 25 heavy (non-hydrogen) atoms. The van der Waals surface area contributed by atoms with Gasteiger partial charge in [-0.15, -0.1) is 0 Å². The van der Waals surface area contributed by atoms with Crippen molar-refractivity contribution in [1.82, 2.24) is 4.57 Å². The summed E-state index contributed by atoms with van der Waals surface area (Å²) in [6.07, 6.45) is 1.93. The number of ether oxygens (including phenoxy) is 1. The second kappa shape index (κ2) is 7.19. The van der Waals surface area contributed by atoms with Gasteiger partial charge in [-0.25, -0.2) is 0 Å². The van der Waals surface area contributed by atoms with Crippen molar-refractivity contribution in [1.29, 1.82) is 0 Å². The molecule has 1 heterocycles. The normalized spacial score (nSPS) is 11.1. The molecule has 0 fully saturated rings. The van der Waals surface area contributed by atoms with Crippen LogP contribution in [0.5, 0.6) is 5.75 Å². The Balaban J connectivity index is 1.80. The molecule has 3 aromatic rings. The molecule has 130 valence electrons. The fourth-order valence-corrected chi connectivity index (χ4v) is 3.01. The molecule has 0 saturated heterocycles. The van der Waals surface area contributed by atoms with E-state index in [1.807, 2.05) is 16.8 Å². The number of carbonyl (C=O) groups is 1. The first-order valence-corrected chi connectivity index (χ1v) is 8.58. The van der Waals surface area contributed by atoms with E-state index >= 15 is 0 Å². The molecule has 4 nitrogen and oxygen atoms in total. The molecular formula is C20H21ClN2O2. The zero-order valence-electron chi connectivity index (χ0n) is 14.5. The number of hydrogen-bond donors (Lipinski definition) is 1. The molecule has 0 atom stereocenters. The van der Waals surface area contributed by atoms with Crippen molar-refractivity contribution in [2.75, 3.05) is 12.4 Å². The predicted octanol–water partition coefficient (Wildman–Crippen LogP) is 5.07. The van der Waals surface area contributed by atoms with Crippen LogP contribution in [0.25, 0.3) is 10.9 Å². The SMILES string of the molecule is COc1ccc(Cl)cc1NC(=O)Cn1ccc2cc(C(C)C)ccc21. The number of hydrogen-bond acceptors (Lipinski definition) is 2. The number of anilines is 1. The van der Waals surface area contributed by atoms with E-state index in [4.69, 9.17) is 16.3 Å². The van der Waals surface area contributed by atoms with E-state index in [2.05, 4.69) is 37.4 Å². The van der Waals surface area contributed by atoms with Crippen LogP contribution in [-0.4, -0.2) is 17.6 Å². The fourth-order valence-electron chi connectivity index (χ4n) is 2.84. The van der Waals surface area contributed by atoms with Crippen molar-refractivity contribution >= 4 is 34.1 Å². The van der Waals surface area contributed by atoms with Gasteiger partial charge in [-0.1, -0.05) is 31.5 Å². The maximum Gasteiger partial charge on any atom is 0.244 e. The largest absolute Gasteiger partial charge is 0.495 e. The molecule has 0 unspecified atom stereocenters. The van der Waals surface area contributed by atoms with Crippen LogP contribution in [0.15, 0.2) is 48.7 Å². The zero-order valence-corrected chi connectivity index (χ0v) is 15.3. The summed E-state index contributed by atoms with van der Waals surface area (Å²) in [5, 5.41) is 4.55. The Labute approximate surface area is 152 Å². The van der Waals surface area contributed by atoms with Crippen molar-refractivity contribution in [2.24, 2.45) is 0 Å². The van der Waals surface area contributed by atoms with Crippen molar-refractivity contribution in [3.05, 3.63) is 59.2 Å². The van der Waals surface area contributed by atoms with Gasteiger partial charge < -0.3 is 14.6 Å². The minimum absolute atomic E-state index is 0.133. The van der Waals surface area contributed by atoms with E-state index in [-0.39, 0.29) is 12.5 Å². The number of carbonyl (C=O) groups excluding carboxylic acids is 1. The maximum absolute atomic E-state index is 12.4. The Hall–Kier alpha value is -2.46. The van der Waals surface area contributed by atoms with Crippen molar-refractivity contribution < 1.29 is 9.53 Å². The number of aromatic nitrogens is 1. The summed E-state index contributed by atoms with van der Waals surface area (Å²) in [7, 11) is 1.56. The monoisotopic (exact) mass is 356 g/mol. The molecule has 0 aliphatic heterocycles. The molecule has 3 rings (SSSR count). The van der Waals surface area contributed by atoms with E-state index in [9.17, 15) is 4.79 Å². The van der Waals surface area contributed by atoms with Crippen molar-refractivity contribution in [2.45, 2.75) is 26.3 Å². The lowest BCUT2D eigenvalue weighted by Gasteiger charge is -2.12. The summed E-state index contributed by atoms with van der Waals surface area (Å²) in [4.78, 5) is 12.4. The molecule has 0 saturated carbocycles. The van der Waals surface area contributed by atoms with Gasteiger partial charge in [0.05, 0.1) is 12.8 Å². The first-order valence-electron chi connectivity index (χ1n) is 8.20. The van der Waals surface area contributed by atoms with Crippen LogP contribution >= 0.6 is 11.6 Å². The third kappa shape index (κ3) is 3.80. The molecule has 5 heteroatoms. The molecule has 0 bridgehead atoms. The molecule has 1 N–H and O–H groups in total. The molecular weight excluding hydrogens is 336 g/mol. The number of halogens is 1. The first-order chi connectivity index (χ1) is 12.0. The lowest BCUT2D eigenvalue weighted by molar-refractivity contribution is -0.116. The maximum atomic E-state index is 12.4. The molecule has 2 aromatic carbocycles. The summed E-state index contributed by atoms with van der Waals surface area (Å²) < 4.78 is 7.20. The first kappa shape index (κ1) is 17.4. The molecule has 0 aliphatic carbocycles. The summed E-state index contributed by atoms with van der Waals surface area (Å²) in [6.45, 7) is 4.56. The summed E-state index contributed by atoms with van der Waals surface area (Å²) >= 11 is 6.01. The van der Waals surface area contributed by atoms with Crippen molar-refractivity contribution in [3.63, 3.8) is 0 Å². The topological polar surface area (TPSA) is 43.3 Å². The highest BCUT2D eigenvalue weighted by Crippen LogP contribution is 2.28. The van der Waals surface area contributed by atoms with E-state index < -0.39 is 0 Å². The zero-order chi connectivity index (χ0) is 18.0. The van der Waals surface area contributed by atoms with Crippen LogP contribution in [0.1, 0.15) is 25.3 Å². The van der Waals surface area contributed by atoms with Gasteiger partial charge in [-0.05, 0) is 53.3 Å². The number of nitrogens with one attached hydrogen (secondary N) is 1. The van der Waals surface area contributed by atoms with Crippen molar-refractivity contribution in [3.8, 4) is 5.75 Å². The third-order valence-corrected chi connectivity index (χ3v) is 4.45. The van der Waals surface area contributed by atoms with Gasteiger partial charge in [-0.3, -0.25) is 4.79 Å². The number of rotatable bonds is 5. The number of nitrogens with zero attached hydrogens (tertiary/aromatic N) is 1. The second-order valence-electron chi connectivity index (χ2n) is 6.31. The molecule has 0 radical (unpaired) electrons. The predicted molar refractivity (Wildman–Crippen MR) is 103 cm³/mol. The Bertz CT molecular complexity index is 915. The van der Waals surface area contributed by atoms with Gasteiger partial charge in [0.15, 0.2) is 0 Å².